The number of hydrogen-bond acceptors (Lipinski definition) is 5. The quantitative estimate of drug-likeness (QED) is 0.781. The lowest BCUT2D eigenvalue weighted by Gasteiger charge is -2.12. The zero-order chi connectivity index (χ0) is 17.4. The maximum atomic E-state index is 12.3. The third-order valence-electron chi connectivity index (χ3n) is 3.35. The van der Waals surface area contributed by atoms with Gasteiger partial charge in [-0.15, -0.1) is 0 Å². The van der Waals surface area contributed by atoms with E-state index in [4.69, 9.17) is 9.47 Å². The fourth-order valence-electron chi connectivity index (χ4n) is 2.18. The van der Waals surface area contributed by atoms with Gasteiger partial charge < -0.3 is 9.47 Å². The number of aromatic nitrogens is 1. The number of methoxy groups -OCH3 is 1. The van der Waals surface area contributed by atoms with Gasteiger partial charge in [0.25, 0.3) is 0 Å². The maximum absolute atomic E-state index is 12.3. The van der Waals surface area contributed by atoms with Crippen LogP contribution in [0, 0.1) is 11.3 Å². The molecule has 0 unspecified atom stereocenters. The van der Waals surface area contributed by atoms with E-state index in [-0.39, 0.29) is 12.4 Å². The molecule has 0 fully saturated rings. The summed E-state index contributed by atoms with van der Waals surface area (Å²) in [4.78, 5) is 16.3. The largest absolute Gasteiger partial charge is 0.493 e. The molecule has 0 aliphatic carbocycles. The second kappa shape index (κ2) is 8.49. The summed E-state index contributed by atoms with van der Waals surface area (Å²) in [5.74, 6) is -0.308. The van der Waals surface area contributed by atoms with Crippen LogP contribution in [-0.4, -0.2) is 24.5 Å². The number of ketones is 1. The van der Waals surface area contributed by atoms with E-state index in [9.17, 15) is 10.1 Å². The Balaban J connectivity index is 2.10. The van der Waals surface area contributed by atoms with E-state index in [0.29, 0.717) is 17.2 Å². The lowest BCUT2D eigenvalue weighted by Crippen LogP contribution is -2.20. The normalized spacial score (nSPS) is 11.7. The number of carbonyl (C=O) groups is 1. The Kier molecular flexibility index (Phi) is 6.09. The molecular formula is C19H18N2O3. The third kappa shape index (κ3) is 4.20. The second-order valence-electron chi connectivity index (χ2n) is 4.98. The standard InChI is InChI=1S/C19H18N2O3/c1-3-6-14-8-9-18(19(11-14)23-2)24-13-17(22)15(12-20)16-7-4-5-10-21-16/h3-11,15H,13H2,1-2H3/b6-3+/t15-/m1/s1. The Morgan fingerprint density at radius 3 is 2.79 bits per heavy atom. The van der Waals surface area contributed by atoms with Crippen molar-refractivity contribution in [3.05, 3.63) is 59.9 Å². The summed E-state index contributed by atoms with van der Waals surface area (Å²) < 4.78 is 10.8. The van der Waals surface area contributed by atoms with Crippen LogP contribution in [0.25, 0.3) is 6.08 Å². The third-order valence-corrected chi connectivity index (χ3v) is 3.35. The molecule has 0 radical (unpaired) electrons. The summed E-state index contributed by atoms with van der Waals surface area (Å²) in [6.45, 7) is 1.70. The Hall–Kier alpha value is -3.13. The molecule has 1 aromatic heterocycles. The second-order valence-corrected chi connectivity index (χ2v) is 4.98. The van der Waals surface area contributed by atoms with Crippen molar-refractivity contribution in [2.24, 2.45) is 0 Å². The van der Waals surface area contributed by atoms with Crippen LogP contribution in [0.3, 0.4) is 0 Å². The number of nitrogens with zero attached hydrogens (tertiary/aromatic N) is 2. The first-order valence-electron chi connectivity index (χ1n) is 7.46. The van der Waals surface area contributed by atoms with Crippen molar-refractivity contribution in [2.45, 2.75) is 12.8 Å². The number of nitriles is 1. The summed E-state index contributed by atoms with van der Waals surface area (Å²) in [7, 11) is 1.54. The van der Waals surface area contributed by atoms with Gasteiger partial charge >= 0.3 is 0 Å². The summed E-state index contributed by atoms with van der Waals surface area (Å²) in [6, 6.07) is 12.5. The average Bonchev–Trinajstić information content (AvgIpc) is 2.62. The highest BCUT2D eigenvalue weighted by Gasteiger charge is 2.22. The predicted octanol–water partition coefficient (Wildman–Crippen LogP) is 3.38. The summed E-state index contributed by atoms with van der Waals surface area (Å²) in [6.07, 6.45) is 5.41. The Labute approximate surface area is 141 Å². The van der Waals surface area contributed by atoms with Crippen molar-refractivity contribution in [1.82, 2.24) is 4.98 Å². The smallest absolute Gasteiger partial charge is 0.193 e. The maximum Gasteiger partial charge on any atom is 0.193 e. The molecule has 1 heterocycles. The SMILES string of the molecule is C/C=C/c1ccc(OCC(=O)[C@H](C#N)c2ccccn2)c(OC)c1. The fraction of sp³-hybridized carbons (Fsp3) is 0.211. The van der Waals surface area contributed by atoms with Crippen molar-refractivity contribution < 1.29 is 14.3 Å². The predicted molar refractivity (Wildman–Crippen MR) is 90.8 cm³/mol. The van der Waals surface area contributed by atoms with E-state index in [1.165, 1.54) is 7.11 Å². The molecule has 5 nitrogen and oxygen atoms in total. The molecule has 0 amide bonds. The first kappa shape index (κ1) is 17.2. The van der Waals surface area contributed by atoms with Crippen molar-refractivity contribution in [3.8, 4) is 17.6 Å². The molecule has 0 spiro atoms. The molecule has 1 aromatic carbocycles. The molecule has 5 heteroatoms. The zero-order valence-electron chi connectivity index (χ0n) is 13.6. The Morgan fingerprint density at radius 2 is 2.17 bits per heavy atom. The number of rotatable bonds is 7. The summed E-state index contributed by atoms with van der Waals surface area (Å²) in [5, 5.41) is 9.24. The van der Waals surface area contributed by atoms with Crippen LogP contribution in [0.1, 0.15) is 24.1 Å². The van der Waals surface area contributed by atoms with Gasteiger partial charge in [-0.1, -0.05) is 24.3 Å². The zero-order valence-corrected chi connectivity index (χ0v) is 13.6. The number of benzene rings is 1. The summed E-state index contributed by atoms with van der Waals surface area (Å²) >= 11 is 0. The number of ether oxygens (including phenoxy) is 2. The molecule has 1 atom stereocenters. The molecular weight excluding hydrogens is 304 g/mol. The number of hydrogen-bond donors (Lipinski definition) is 0. The van der Waals surface area contributed by atoms with Crippen LogP contribution in [0.15, 0.2) is 48.7 Å². The average molecular weight is 322 g/mol. The van der Waals surface area contributed by atoms with Gasteiger partial charge in [-0.25, -0.2) is 0 Å². The van der Waals surface area contributed by atoms with Gasteiger partial charge in [0.15, 0.2) is 23.2 Å². The molecule has 24 heavy (non-hydrogen) atoms. The van der Waals surface area contributed by atoms with Gasteiger partial charge in [-0.05, 0) is 36.8 Å². The highest BCUT2D eigenvalue weighted by atomic mass is 16.5. The minimum atomic E-state index is -0.945. The van der Waals surface area contributed by atoms with E-state index in [1.54, 1.807) is 30.5 Å². The molecule has 122 valence electrons. The van der Waals surface area contributed by atoms with E-state index < -0.39 is 5.92 Å². The van der Waals surface area contributed by atoms with E-state index in [2.05, 4.69) is 4.98 Å². The molecule has 2 aromatic rings. The minimum absolute atomic E-state index is 0.228. The highest BCUT2D eigenvalue weighted by molar-refractivity contribution is 5.89. The van der Waals surface area contributed by atoms with Crippen molar-refractivity contribution in [3.63, 3.8) is 0 Å². The first-order chi connectivity index (χ1) is 11.7. The molecule has 2 rings (SSSR count). The van der Waals surface area contributed by atoms with Gasteiger partial charge in [-0.2, -0.15) is 5.26 Å². The molecule has 0 saturated carbocycles. The van der Waals surface area contributed by atoms with Crippen molar-refractivity contribution >= 4 is 11.9 Å². The van der Waals surface area contributed by atoms with Crippen LogP contribution >= 0.6 is 0 Å². The lowest BCUT2D eigenvalue weighted by atomic mass is 10.0. The van der Waals surface area contributed by atoms with Crippen molar-refractivity contribution in [1.29, 1.82) is 5.26 Å². The van der Waals surface area contributed by atoms with Gasteiger partial charge in [0.2, 0.25) is 0 Å². The molecule has 0 aliphatic heterocycles. The van der Waals surface area contributed by atoms with Crippen LogP contribution < -0.4 is 9.47 Å². The number of carbonyl (C=O) groups excluding carboxylic acids is 1. The van der Waals surface area contributed by atoms with Crippen molar-refractivity contribution in [2.75, 3.05) is 13.7 Å². The van der Waals surface area contributed by atoms with Crippen LogP contribution in [0.4, 0.5) is 0 Å². The molecule has 0 N–H and O–H groups in total. The van der Waals surface area contributed by atoms with Crippen LogP contribution in [0.5, 0.6) is 11.5 Å². The summed E-state index contributed by atoms with van der Waals surface area (Å²) in [5.41, 5.74) is 1.39. The van der Waals surface area contributed by atoms with Crippen LogP contribution in [0.2, 0.25) is 0 Å². The lowest BCUT2D eigenvalue weighted by molar-refractivity contribution is -0.121. The molecule has 0 saturated heterocycles. The van der Waals surface area contributed by atoms with Crippen LogP contribution in [-0.2, 0) is 4.79 Å². The highest BCUT2D eigenvalue weighted by Crippen LogP contribution is 2.29. The van der Waals surface area contributed by atoms with Gasteiger partial charge in [-0.3, -0.25) is 9.78 Å². The monoisotopic (exact) mass is 322 g/mol. The van der Waals surface area contributed by atoms with E-state index in [0.717, 1.165) is 5.56 Å². The number of Topliss-reactive ketones (excluding diaryl/α,β-unsaturated/α-hetero) is 1. The molecule has 0 aliphatic rings. The number of allylic oxidation sites excluding steroid dienone is 1. The molecule has 0 bridgehead atoms. The Bertz CT molecular complexity index is 764. The topological polar surface area (TPSA) is 72.2 Å². The van der Waals surface area contributed by atoms with Gasteiger partial charge in [0, 0.05) is 6.20 Å². The Morgan fingerprint density at radius 1 is 1.33 bits per heavy atom. The minimum Gasteiger partial charge on any atom is -0.493 e. The van der Waals surface area contributed by atoms with E-state index >= 15 is 0 Å². The van der Waals surface area contributed by atoms with Gasteiger partial charge in [0.05, 0.1) is 18.9 Å². The van der Waals surface area contributed by atoms with E-state index in [1.807, 2.05) is 37.3 Å². The fourth-order valence-corrected chi connectivity index (χ4v) is 2.18. The first-order valence-corrected chi connectivity index (χ1v) is 7.46. The van der Waals surface area contributed by atoms with Gasteiger partial charge in [0.1, 0.15) is 6.61 Å². The number of pyridine rings is 1.